The van der Waals surface area contributed by atoms with Crippen LogP contribution >= 0.6 is 11.6 Å². The maximum Gasteiger partial charge on any atom is 0.167 e. The van der Waals surface area contributed by atoms with Crippen LogP contribution in [0.4, 0.5) is 18.9 Å². The molecule has 100 valence electrons. The van der Waals surface area contributed by atoms with Crippen LogP contribution in [0.3, 0.4) is 0 Å². The summed E-state index contributed by atoms with van der Waals surface area (Å²) in [7, 11) is 0. The summed E-state index contributed by atoms with van der Waals surface area (Å²) in [5, 5.41) is -0.0199. The first kappa shape index (κ1) is 13.5. The van der Waals surface area contributed by atoms with Crippen LogP contribution in [-0.4, -0.2) is 0 Å². The molecule has 2 aromatic rings. The van der Waals surface area contributed by atoms with Crippen LogP contribution in [0.15, 0.2) is 30.3 Å². The summed E-state index contributed by atoms with van der Waals surface area (Å²) in [5.41, 5.74) is 5.34. The zero-order valence-corrected chi connectivity index (χ0v) is 10.3. The molecule has 0 unspecified atom stereocenters. The van der Waals surface area contributed by atoms with Gasteiger partial charge in [-0.15, -0.1) is 0 Å². The van der Waals surface area contributed by atoms with E-state index >= 15 is 0 Å². The van der Waals surface area contributed by atoms with Gasteiger partial charge in [-0.2, -0.15) is 0 Å². The first-order chi connectivity index (χ1) is 8.97. The number of halogens is 4. The molecule has 2 nitrogen and oxygen atoms in total. The zero-order valence-electron chi connectivity index (χ0n) is 9.59. The number of anilines is 1. The first-order valence-electron chi connectivity index (χ1n) is 5.28. The molecule has 0 aliphatic carbocycles. The molecular formula is C13H9ClF3NO. The maximum atomic E-state index is 13.4. The second-order valence-electron chi connectivity index (χ2n) is 3.84. The third-order valence-corrected chi connectivity index (χ3v) is 2.74. The Bertz CT molecular complexity index is 619. The highest BCUT2D eigenvalue weighted by atomic mass is 35.5. The molecule has 0 fully saturated rings. The number of benzene rings is 2. The van der Waals surface area contributed by atoms with Crippen LogP contribution in [0.25, 0.3) is 0 Å². The van der Waals surface area contributed by atoms with Gasteiger partial charge < -0.3 is 10.5 Å². The number of rotatable bonds is 3. The Kier molecular flexibility index (Phi) is 3.85. The second kappa shape index (κ2) is 5.40. The van der Waals surface area contributed by atoms with E-state index < -0.39 is 17.5 Å². The molecule has 2 rings (SSSR count). The number of hydrogen-bond donors (Lipinski definition) is 1. The van der Waals surface area contributed by atoms with Crippen molar-refractivity contribution in [2.75, 3.05) is 5.73 Å². The Balaban J connectivity index is 2.14. The predicted molar refractivity (Wildman–Crippen MR) is 66.5 cm³/mol. The summed E-state index contributed by atoms with van der Waals surface area (Å²) in [6, 6.07) is 5.71. The number of ether oxygens (including phenoxy) is 1. The minimum absolute atomic E-state index is 0.0199. The van der Waals surface area contributed by atoms with Crippen LogP contribution in [0.2, 0.25) is 5.02 Å². The standard InChI is InChI=1S/C13H9ClF3NO/c14-8-2-1-7(3-9(8)15)6-19-13-5-10(16)12(18)4-11(13)17/h1-5H,6,18H2. The number of hydrogen-bond acceptors (Lipinski definition) is 2. The van der Waals surface area contributed by atoms with Crippen molar-refractivity contribution in [3.05, 3.63) is 58.4 Å². The minimum atomic E-state index is -0.784. The Morgan fingerprint density at radius 2 is 1.74 bits per heavy atom. The molecule has 2 aromatic carbocycles. The monoisotopic (exact) mass is 287 g/mol. The molecule has 0 saturated carbocycles. The highest BCUT2D eigenvalue weighted by Gasteiger charge is 2.09. The van der Waals surface area contributed by atoms with E-state index in [-0.39, 0.29) is 23.1 Å². The lowest BCUT2D eigenvalue weighted by Gasteiger charge is -2.09. The maximum absolute atomic E-state index is 13.4. The van der Waals surface area contributed by atoms with E-state index in [2.05, 4.69) is 0 Å². The Labute approximate surface area is 112 Å². The zero-order chi connectivity index (χ0) is 14.0. The Morgan fingerprint density at radius 3 is 2.42 bits per heavy atom. The van der Waals surface area contributed by atoms with Crippen LogP contribution in [0.5, 0.6) is 5.75 Å². The summed E-state index contributed by atoms with van der Waals surface area (Å²) in [5.74, 6) is -2.46. The van der Waals surface area contributed by atoms with Gasteiger partial charge in [-0.25, -0.2) is 13.2 Å². The molecule has 0 radical (unpaired) electrons. The molecule has 0 heterocycles. The number of nitrogen functional groups attached to an aromatic ring is 1. The fourth-order valence-corrected chi connectivity index (χ4v) is 1.56. The fourth-order valence-electron chi connectivity index (χ4n) is 1.45. The second-order valence-corrected chi connectivity index (χ2v) is 4.25. The lowest BCUT2D eigenvalue weighted by Crippen LogP contribution is -2.00. The molecular weight excluding hydrogens is 279 g/mol. The van der Waals surface area contributed by atoms with E-state index in [1.54, 1.807) is 0 Å². The van der Waals surface area contributed by atoms with Crippen molar-refractivity contribution >= 4 is 17.3 Å². The van der Waals surface area contributed by atoms with Gasteiger partial charge in [-0.05, 0) is 17.7 Å². The van der Waals surface area contributed by atoms with Crippen LogP contribution in [0, 0.1) is 17.5 Å². The van der Waals surface area contributed by atoms with Crippen molar-refractivity contribution in [3.8, 4) is 5.75 Å². The van der Waals surface area contributed by atoms with Crippen molar-refractivity contribution in [2.45, 2.75) is 6.61 Å². The Morgan fingerprint density at radius 1 is 1.00 bits per heavy atom. The van der Waals surface area contributed by atoms with E-state index in [0.717, 1.165) is 18.2 Å². The molecule has 0 aliphatic rings. The summed E-state index contributed by atoms with van der Waals surface area (Å²) in [4.78, 5) is 0. The average Bonchev–Trinajstić information content (AvgIpc) is 2.36. The van der Waals surface area contributed by atoms with Crippen LogP contribution in [-0.2, 0) is 6.61 Å². The predicted octanol–water partition coefficient (Wildman–Crippen LogP) is 3.92. The van der Waals surface area contributed by atoms with Crippen LogP contribution < -0.4 is 10.5 Å². The smallest absolute Gasteiger partial charge is 0.167 e. The largest absolute Gasteiger partial charge is 0.486 e. The minimum Gasteiger partial charge on any atom is -0.486 e. The van der Waals surface area contributed by atoms with E-state index in [1.807, 2.05) is 0 Å². The van der Waals surface area contributed by atoms with Gasteiger partial charge in [0.15, 0.2) is 11.6 Å². The summed E-state index contributed by atoms with van der Waals surface area (Å²) < 4.78 is 44.8. The lowest BCUT2D eigenvalue weighted by atomic mass is 10.2. The van der Waals surface area contributed by atoms with Crippen molar-refractivity contribution in [1.82, 2.24) is 0 Å². The van der Waals surface area contributed by atoms with Gasteiger partial charge in [-0.1, -0.05) is 17.7 Å². The third-order valence-electron chi connectivity index (χ3n) is 2.43. The van der Waals surface area contributed by atoms with Crippen LogP contribution in [0.1, 0.15) is 5.56 Å². The fraction of sp³-hybridized carbons (Fsp3) is 0.0769. The van der Waals surface area contributed by atoms with Gasteiger partial charge in [0.05, 0.1) is 10.7 Å². The molecule has 0 saturated heterocycles. The normalized spacial score (nSPS) is 10.5. The van der Waals surface area contributed by atoms with Gasteiger partial charge in [0.25, 0.3) is 0 Å². The topological polar surface area (TPSA) is 35.2 Å². The molecule has 6 heteroatoms. The molecule has 0 aliphatic heterocycles. The third kappa shape index (κ3) is 3.12. The highest BCUT2D eigenvalue weighted by molar-refractivity contribution is 6.30. The highest BCUT2D eigenvalue weighted by Crippen LogP contribution is 2.24. The van der Waals surface area contributed by atoms with Crippen molar-refractivity contribution in [1.29, 1.82) is 0 Å². The molecule has 0 amide bonds. The van der Waals surface area contributed by atoms with Gasteiger partial charge in [0.2, 0.25) is 0 Å². The summed E-state index contributed by atoms with van der Waals surface area (Å²) >= 11 is 5.52. The Hall–Kier alpha value is -1.88. The van der Waals surface area contributed by atoms with Gasteiger partial charge in [-0.3, -0.25) is 0 Å². The number of nitrogens with two attached hydrogens (primary N) is 1. The van der Waals surface area contributed by atoms with E-state index in [0.29, 0.717) is 5.56 Å². The molecule has 0 aromatic heterocycles. The van der Waals surface area contributed by atoms with E-state index in [4.69, 9.17) is 22.1 Å². The van der Waals surface area contributed by atoms with E-state index in [9.17, 15) is 13.2 Å². The van der Waals surface area contributed by atoms with Crippen molar-refractivity contribution in [2.24, 2.45) is 0 Å². The van der Waals surface area contributed by atoms with Gasteiger partial charge >= 0.3 is 0 Å². The molecule has 0 atom stereocenters. The SMILES string of the molecule is Nc1cc(F)c(OCc2ccc(Cl)c(F)c2)cc1F. The van der Waals surface area contributed by atoms with Gasteiger partial charge in [0, 0.05) is 12.1 Å². The van der Waals surface area contributed by atoms with Gasteiger partial charge in [0.1, 0.15) is 18.2 Å². The molecule has 2 N–H and O–H groups in total. The quantitative estimate of drug-likeness (QED) is 0.869. The van der Waals surface area contributed by atoms with Crippen molar-refractivity contribution < 1.29 is 17.9 Å². The van der Waals surface area contributed by atoms with Crippen molar-refractivity contribution in [3.63, 3.8) is 0 Å². The molecule has 19 heavy (non-hydrogen) atoms. The lowest BCUT2D eigenvalue weighted by molar-refractivity contribution is 0.288. The molecule has 0 spiro atoms. The first-order valence-corrected chi connectivity index (χ1v) is 5.66. The molecule has 0 bridgehead atoms. The summed E-state index contributed by atoms with van der Waals surface area (Å²) in [6.45, 7) is -0.117. The summed E-state index contributed by atoms with van der Waals surface area (Å²) in [6.07, 6.45) is 0. The van der Waals surface area contributed by atoms with E-state index in [1.165, 1.54) is 12.1 Å². The average molecular weight is 288 g/mol.